The summed E-state index contributed by atoms with van der Waals surface area (Å²) in [4.78, 5) is 50.3. The Balaban J connectivity index is 1.52. The predicted molar refractivity (Wildman–Crippen MR) is 119 cm³/mol. The summed E-state index contributed by atoms with van der Waals surface area (Å²) in [6, 6.07) is -0.618. The smallest absolute Gasteiger partial charge is 0.328 e. The molecule has 5 aliphatic rings. The second-order valence-corrected chi connectivity index (χ2v) is 11.6. The number of carboxylic acids is 1. The molecule has 4 bridgehead atoms. The normalized spacial score (nSPS) is 45.0. The Morgan fingerprint density at radius 3 is 2.64 bits per heavy atom. The van der Waals surface area contributed by atoms with E-state index >= 15 is 0 Å². The van der Waals surface area contributed by atoms with Crippen molar-refractivity contribution in [3.8, 4) is 0 Å². The highest BCUT2D eigenvalue weighted by Gasteiger charge is 2.83. The summed E-state index contributed by atoms with van der Waals surface area (Å²) in [5.41, 5.74) is -1.86. The molecule has 5 rings (SSSR count). The van der Waals surface area contributed by atoms with E-state index in [0.29, 0.717) is 37.5 Å². The number of aldehydes is 1. The highest BCUT2D eigenvalue weighted by Crippen LogP contribution is 2.83. The molecule has 8 atom stereocenters. The molecule has 0 radical (unpaired) electrons. The monoisotopic (exact) mass is 457 g/mol. The van der Waals surface area contributed by atoms with Crippen molar-refractivity contribution in [2.24, 2.45) is 45.8 Å². The first-order chi connectivity index (χ1) is 15.6. The highest BCUT2D eigenvalue weighted by molar-refractivity contribution is 5.90. The number of carboxylic acid groups (broad SMARTS) is 1. The highest BCUT2D eigenvalue weighted by atomic mass is 16.5. The lowest BCUT2D eigenvalue weighted by molar-refractivity contribution is -0.182. The molecule has 1 amide bonds. The number of fused-ring (bicyclic) bond motifs is 2. The van der Waals surface area contributed by atoms with Gasteiger partial charge in [0, 0.05) is 11.8 Å². The van der Waals surface area contributed by atoms with Gasteiger partial charge in [-0.1, -0.05) is 38.8 Å². The summed E-state index contributed by atoms with van der Waals surface area (Å²) in [5, 5.41) is 13.6. The van der Waals surface area contributed by atoms with Crippen LogP contribution in [0.1, 0.15) is 65.7 Å². The van der Waals surface area contributed by atoms with E-state index in [1.54, 1.807) is 0 Å². The van der Waals surface area contributed by atoms with E-state index in [4.69, 9.17) is 4.74 Å². The average Bonchev–Trinajstić information content (AvgIpc) is 3.48. The Morgan fingerprint density at radius 2 is 2.03 bits per heavy atom. The quantitative estimate of drug-likeness (QED) is 0.345. The third-order valence-electron chi connectivity index (χ3n) is 10.2. The van der Waals surface area contributed by atoms with E-state index in [9.17, 15) is 24.3 Å². The van der Waals surface area contributed by atoms with Gasteiger partial charge in [0.1, 0.15) is 17.7 Å². The molecule has 4 fully saturated rings. The maximum absolute atomic E-state index is 13.3. The number of carbonyl (C=O) groups is 4. The van der Waals surface area contributed by atoms with Crippen molar-refractivity contribution < 1.29 is 29.0 Å². The maximum atomic E-state index is 13.3. The van der Waals surface area contributed by atoms with Crippen molar-refractivity contribution in [1.29, 1.82) is 0 Å². The zero-order valence-electron chi connectivity index (χ0n) is 19.8. The van der Waals surface area contributed by atoms with Gasteiger partial charge in [-0.15, -0.1) is 0 Å². The van der Waals surface area contributed by atoms with Crippen molar-refractivity contribution in [3.63, 3.8) is 0 Å². The van der Waals surface area contributed by atoms with Crippen LogP contribution >= 0.6 is 0 Å². The molecule has 0 spiro atoms. The number of rotatable bonds is 7. The summed E-state index contributed by atoms with van der Waals surface area (Å²) in [7, 11) is 0. The summed E-state index contributed by atoms with van der Waals surface area (Å²) in [6.45, 7) is 6.39. The van der Waals surface area contributed by atoms with E-state index in [-0.39, 0.29) is 30.3 Å². The first-order valence-corrected chi connectivity index (χ1v) is 12.5. The molecule has 1 heterocycles. The number of hydrogen-bond acceptors (Lipinski definition) is 5. The summed E-state index contributed by atoms with van der Waals surface area (Å²) in [5.74, 6) is -0.596. The fourth-order valence-electron chi connectivity index (χ4n) is 9.06. The molecule has 4 aliphatic carbocycles. The van der Waals surface area contributed by atoms with Gasteiger partial charge in [0.05, 0.1) is 12.0 Å². The first-order valence-electron chi connectivity index (χ1n) is 12.5. The maximum Gasteiger partial charge on any atom is 0.328 e. The number of nitrogens with one attached hydrogen (secondary N) is 1. The van der Waals surface area contributed by atoms with Crippen LogP contribution in [0, 0.1) is 45.8 Å². The number of amides is 1. The number of ether oxygens (including phenoxy) is 1. The van der Waals surface area contributed by atoms with Crippen molar-refractivity contribution in [2.75, 3.05) is 6.61 Å². The number of esters is 1. The second-order valence-electron chi connectivity index (χ2n) is 11.6. The molecule has 7 unspecified atom stereocenters. The summed E-state index contributed by atoms with van der Waals surface area (Å²) >= 11 is 0. The van der Waals surface area contributed by atoms with Crippen LogP contribution in [0.5, 0.6) is 0 Å². The molecule has 7 nitrogen and oxygen atoms in total. The van der Waals surface area contributed by atoms with Gasteiger partial charge in [-0.25, -0.2) is 4.79 Å². The minimum absolute atomic E-state index is 0.00103. The zero-order valence-corrected chi connectivity index (χ0v) is 19.8. The molecule has 3 saturated carbocycles. The minimum Gasteiger partial charge on any atom is -0.481 e. The SMILES string of the molecule is CC(C)C1=CC2CC3(C=O)C4CC[C@@H](C)C4CC2(CCOC(=O)C2CCC(=O)N2)C13C(=O)O. The molecule has 2 N–H and O–H groups in total. The first kappa shape index (κ1) is 22.6. The van der Waals surface area contributed by atoms with Crippen LogP contribution in [0.3, 0.4) is 0 Å². The Morgan fingerprint density at radius 1 is 1.27 bits per heavy atom. The van der Waals surface area contributed by atoms with Gasteiger partial charge in [0.15, 0.2) is 0 Å². The van der Waals surface area contributed by atoms with Gasteiger partial charge < -0.3 is 20.0 Å². The van der Waals surface area contributed by atoms with E-state index in [2.05, 4.69) is 18.3 Å². The number of carbonyl (C=O) groups excluding carboxylic acids is 3. The standard InChI is InChI=1S/C26H35NO6/c1-14(2)19-10-16-11-25(13-28)18-5-4-15(3)17(18)12-24(16,26(19,25)23(31)32)8-9-33-22(30)20-6-7-21(29)27-20/h10,13-18,20H,4-9,11-12H2,1-3H3,(H,27,29)(H,31,32)/t15-,16?,17?,18?,20?,24?,25?,26?/m1/s1. The third kappa shape index (κ3) is 2.62. The molecule has 1 aliphatic heterocycles. The summed E-state index contributed by atoms with van der Waals surface area (Å²) in [6.07, 6.45) is 7.62. The van der Waals surface area contributed by atoms with Crippen LogP contribution in [0.25, 0.3) is 0 Å². The molecule has 0 aromatic carbocycles. The van der Waals surface area contributed by atoms with Gasteiger partial charge in [-0.2, -0.15) is 0 Å². The molecular formula is C26H35NO6. The number of aliphatic carboxylic acids is 1. The second kappa shape index (κ2) is 7.41. The minimum atomic E-state index is -1.24. The van der Waals surface area contributed by atoms with Gasteiger partial charge in [-0.3, -0.25) is 9.59 Å². The van der Waals surface area contributed by atoms with E-state index < -0.39 is 34.2 Å². The van der Waals surface area contributed by atoms with Gasteiger partial charge >= 0.3 is 11.9 Å². The molecule has 0 aromatic rings. The van der Waals surface area contributed by atoms with Crippen LogP contribution in [0.2, 0.25) is 0 Å². The Kier molecular flexibility index (Phi) is 5.07. The van der Waals surface area contributed by atoms with Crippen molar-refractivity contribution in [2.45, 2.75) is 71.8 Å². The molecule has 33 heavy (non-hydrogen) atoms. The van der Waals surface area contributed by atoms with E-state index in [1.165, 1.54) is 0 Å². The van der Waals surface area contributed by atoms with Crippen molar-refractivity contribution in [3.05, 3.63) is 11.6 Å². The lowest BCUT2D eigenvalue weighted by atomic mass is 9.42. The Bertz CT molecular complexity index is 941. The lowest BCUT2D eigenvalue weighted by Crippen LogP contribution is -2.62. The van der Waals surface area contributed by atoms with Crippen LogP contribution in [-0.4, -0.2) is 41.9 Å². The van der Waals surface area contributed by atoms with Gasteiger partial charge in [-0.05, 0) is 61.7 Å². The molecule has 180 valence electrons. The van der Waals surface area contributed by atoms with Crippen LogP contribution in [0.4, 0.5) is 0 Å². The molecular weight excluding hydrogens is 422 g/mol. The van der Waals surface area contributed by atoms with Crippen molar-refractivity contribution >= 4 is 24.1 Å². The van der Waals surface area contributed by atoms with Crippen molar-refractivity contribution in [1.82, 2.24) is 5.32 Å². The number of hydrogen-bond donors (Lipinski definition) is 2. The van der Waals surface area contributed by atoms with E-state index in [0.717, 1.165) is 31.1 Å². The van der Waals surface area contributed by atoms with Crippen LogP contribution in [-0.2, 0) is 23.9 Å². The van der Waals surface area contributed by atoms with Crippen LogP contribution in [0.15, 0.2) is 11.6 Å². The molecule has 1 saturated heterocycles. The fraction of sp³-hybridized carbons (Fsp3) is 0.769. The van der Waals surface area contributed by atoms with Crippen LogP contribution < -0.4 is 5.32 Å². The lowest BCUT2D eigenvalue weighted by Gasteiger charge is -2.58. The Labute approximate surface area is 194 Å². The van der Waals surface area contributed by atoms with E-state index in [1.807, 2.05) is 13.8 Å². The molecule has 7 heteroatoms. The molecule has 0 aromatic heterocycles. The Hall–Kier alpha value is -2.18. The zero-order chi connectivity index (χ0) is 23.8. The third-order valence-corrected chi connectivity index (χ3v) is 10.2. The largest absolute Gasteiger partial charge is 0.481 e. The topological polar surface area (TPSA) is 110 Å². The van der Waals surface area contributed by atoms with Gasteiger partial charge in [0.25, 0.3) is 0 Å². The predicted octanol–water partition coefficient (Wildman–Crippen LogP) is 3.12. The number of allylic oxidation sites excluding steroid dienone is 1. The summed E-state index contributed by atoms with van der Waals surface area (Å²) < 4.78 is 5.61. The van der Waals surface area contributed by atoms with Gasteiger partial charge in [0.2, 0.25) is 5.91 Å². The fourth-order valence-corrected chi connectivity index (χ4v) is 9.06. The average molecular weight is 458 g/mol.